The van der Waals surface area contributed by atoms with Crippen molar-refractivity contribution in [3.63, 3.8) is 0 Å². The highest BCUT2D eigenvalue weighted by Crippen LogP contribution is 2.47. The van der Waals surface area contributed by atoms with E-state index in [1.165, 1.54) is 20.7 Å². The lowest BCUT2D eigenvalue weighted by Crippen LogP contribution is -2.69. The van der Waals surface area contributed by atoms with Gasteiger partial charge < -0.3 is 13.4 Å². The molecule has 1 fully saturated rings. The zero-order valence-corrected chi connectivity index (χ0v) is 38.4. The maximum absolute atomic E-state index is 15.5. The third-order valence-electron chi connectivity index (χ3n) is 12.2. The molecule has 6 aromatic carbocycles. The third-order valence-corrected chi connectivity index (χ3v) is 25.3. The van der Waals surface area contributed by atoms with Gasteiger partial charge in [-0.2, -0.15) is 0 Å². The van der Waals surface area contributed by atoms with Gasteiger partial charge in [0.2, 0.25) is 0 Å². The summed E-state index contributed by atoms with van der Waals surface area (Å²) < 4.78 is 31.4. The fourth-order valence-electron chi connectivity index (χ4n) is 9.25. The van der Waals surface area contributed by atoms with Crippen molar-refractivity contribution < 1.29 is 13.4 Å². The minimum absolute atomic E-state index is 0.200. The minimum atomic E-state index is -3.06. The number of benzene rings is 6. The van der Waals surface area contributed by atoms with E-state index in [-0.39, 0.29) is 22.3 Å². The van der Waals surface area contributed by atoms with Crippen LogP contribution in [-0.4, -0.2) is 35.0 Å². The fraction of sp³-hybridized carbons (Fsp3) is 0.245. The number of allylic oxidation sites excluding steroid dienone is 1. The van der Waals surface area contributed by atoms with Gasteiger partial charge in [-0.15, -0.1) is 0 Å². The highest BCUT2D eigenvalue weighted by atomic mass is 31.2. The molecule has 6 aromatic rings. The van der Waals surface area contributed by atoms with Crippen LogP contribution in [-0.2, 0) is 13.4 Å². The predicted octanol–water partition coefficient (Wildman–Crippen LogP) is 10.2. The lowest BCUT2D eigenvalue weighted by atomic mass is 9.86. The number of hydrogen-bond acceptors (Lipinski definition) is 3. The van der Waals surface area contributed by atoms with Crippen molar-refractivity contribution in [3.8, 4) is 0 Å². The molecule has 0 unspecified atom stereocenters. The molecule has 0 bridgehead atoms. The fourth-order valence-corrected chi connectivity index (χ4v) is 21.1. The summed E-state index contributed by atoms with van der Waals surface area (Å²) in [6.45, 7) is 18.9. The van der Waals surface area contributed by atoms with Gasteiger partial charge in [0.15, 0.2) is 0 Å². The molecule has 0 N–H and O–H groups in total. The van der Waals surface area contributed by atoms with Crippen molar-refractivity contribution in [3.05, 3.63) is 206 Å². The molecule has 1 saturated carbocycles. The van der Waals surface area contributed by atoms with Crippen LogP contribution in [0.25, 0.3) is 0 Å². The van der Waals surface area contributed by atoms with Crippen LogP contribution in [0.15, 0.2) is 206 Å². The van der Waals surface area contributed by atoms with Gasteiger partial charge in [-0.1, -0.05) is 236 Å². The van der Waals surface area contributed by atoms with Crippen LogP contribution in [0.2, 0.25) is 10.1 Å². The minimum Gasteiger partial charge on any atom is -0.404 e. The van der Waals surface area contributed by atoms with E-state index in [1.54, 1.807) is 0 Å². The first-order valence-electron chi connectivity index (χ1n) is 21.0. The Kier molecular flexibility index (Phi) is 12.6. The highest BCUT2D eigenvalue weighted by molar-refractivity contribution is 7.78. The maximum Gasteiger partial charge on any atom is 0.261 e. The van der Waals surface area contributed by atoms with Gasteiger partial charge in [-0.25, -0.2) is 0 Å². The summed E-state index contributed by atoms with van der Waals surface area (Å²) in [6.07, 6.45) is 3.33. The molecule has 2 atom stereocenters. The van der Waals surface area contributed by atoms with E-state index in [9.17, 15) is 0 Å². The molecule has 0 aromatic heterocycles. The van der Waals surface area contributed by atoms with E-state index >= 15 is 4.57 Å². The van der Waals surface area contributed by atoms with Crippen molar-refractivity contribution in [2.45, 2.75) is 76.7 Å². The van der Waals surface area contributed by atoms with E-state index in [2.05, 4.69) is 169 Å². The third kappa shape index (κ3) is 8.42. The molecule has 0 aliphatic heterocycles. The Morgan fingerprint density at radius 2 is 0.864 bits per heavy atom. The van der Waals surface area contributed by atoms with E-state index in [0.717, 1.165) is 21.8 Å². The van der Waals surface area contributed by atoms with Gasteiger partial charge in [-0.05, 0) is 48.4 Å². The van der Waals surface area contributed by atoms with Crippen LogP contribution < -0.4 is 31.4 Å². The molecule has 0 spiro atoms. The molecule has 7 rings (SSSR count). The second-order valence-electron chi connectivity index (χ2n) is 18.0. The van der Waals surface area contributed by atoms with Crippen molar-refractivity contribution >= 4 is 55.1 Å². The van der Waals surface area contributed by atoms with Gasteiger partial charge >= 0.3 is 0 Å². The van der Waals surface area contributed by atoms with Crippen LogP contribution in [0.4, 0.5) is 0 Å². The molecule has 1 aliphatic carbocycles. The van der Waals surface area contributed by atoms with Crippen LogP contribution >= 0.6 is 7.14 Å². The Labute approximate surface area is 355 Å². The summed E-state index contributed by atoms with van der Waals surface area (Å²) in [6, 6.07) is 63.4. The lowest BCUT2D eigenvalue weighted by Gasteiger charge is -2.49. The summed E-state index contributed by atoms with van der Waals surface area (Å²) >= 11 is 0. The van der Waals surface area contributed by atoms with E-state index in [0.29, 0.717) is 19.0 Å². The van der Waals surface area contributed by atoms with Crippen LogP contribution in [0, 0.1) is 0 Å². The molecular weight excluding hydrogens is 772 g/mol. The number of rotatable bonds is 12. The average molecular weight is 831 g/mol. The summed E-state index contributed by atoms with van der Waals surface area (Å²) in [5, 5.41) is 6.20. The zero-order chi connectivity index (χ0) is 41.7. The first-order chi connectivity index (χ1) is 28.3. The molecule has 0 radical (unpaired) electrons. The molecule has 302 valence electrons. The SMILES string of the molecule is C=C1/C(=C\CP(=O)(c2ccccc2)c2ccccc2)C[C@H](O[Si](c2ccccc2)(c2ccccc2)C(C)(C)C)C[C@@H]1O[Si](c1ccccc1)(c1ccccc1)C(C)(C)C. The lowest BCUT2D eigenvalue weighted by molar-refractivity contribution is 0.102. The van der Waals surface area contributed by atoms with Gasteiger partial charge in [0.05, 0.1) is 12.2 Å². The smallest absolute Gasteiger partial charge is 0.261 e. The second kappa shape index (κ2) is 17.5. The normalized spacial score (nSPS) is 17.5. The second-order valence-corrected chi connectivity index (χ2v) is 29.3. The molecule has 0 saturated heterocycles. The maximum atomic E-state index is 15.5. The summed E-state index contributed by atoms with van der Waals surface area (Å²) in [7, 11) is -9.04. The standard InChI is InChI=1S/C53H59O3PSi2/c1-42-43(38-39-57(54,45-26-14-8-15-27-45)46-28-16-9-17-29-46)40-44(55-58(52(2,3)4,47-30-18-10-19-31-47)48-32-20-11-21-33-48)41-51(42)56-59(53(5,6)7,49-34-22-12-23-35-49)50-36-24-13-25-37-50/h8-38,44,51H,1,39-41H2,2-7H3/b43-38-/t44-,51-/m0/s1. The average Bonchev–Trinajstić information content (AvgIpc) is 3.26. The van der Waals surface area contributed by atoms with Crippen molar-refractivity contribution in [1.29, 1.82) is 0 Å². The van der Waals surface area contributed by atoms with Crippen LogP contribution in [0.3, 0.4) is 0 Å². The topological polar surface area (TPSA) is 35.5 Å². The Morgan fingerprint density at radius 3 is 1.20 bits per heavy atom. The quantitative estimate of drug-likeness (QED) is 0.0911. The van der Waals surface area contributed by atoms with Crippen LogP contribution in [0.1, 0.15) is 54.4 Å². The monoisotopic (exact) mass is 830 g/mol. The molecule has 0 heterocycles. The predicted molar refractivity (Wildman–Crippen MR) is 256 cm³/mol. The highest BCUT2D eigenvalue weighted by Gasteiger charge is 2.55. The van der Waals surface area contributed by atoms with Gasteiger partial charge in [0.25, 0.3) is 16.6 Å². The molecule has 1 aliphatic rings. The van der Waals surface area contributed by atoms with E-state index in [4.69, 9.17) is 15.4 Å². The summed E-state index contributed by atoms with van der Waals surface area (Å²) in [4.78, 5) is 0. The largest absolute Gasteiger partial charge is 0.404 e. The van der Waals surface area contributed by atoms with E-state index < -0.39 is 23.8 Å². The molecule has 0 amide bonds. The Balaban J connectivity index is 1.40. The zero-order valence-electron chi connectivity index (χ0n) is 35.6. The van der Waals surface area contributed by atoms with Crippen molar-refractivity contribution in [2.24, 2.45) is 0 Å². The summed E-state index contributed by atoms with van der Waals surface area (Å²) in [5.74, 6) is 0. The van der Waals surface area contributed by atoms with E-state index in [1.807, 2.05) is 60.7 Å². The van der Waals surface area contributed by atoms with Gasteiger partial charge in [-0.3, -0.25) is 0 Å². The molecule has 6 heteroatoms. The summed E-state index contributed by atoms with van der Waals surface area (Å²) in [5.41, 5.74) is 2.02. The molecule has 59 heavy (non-hydrogen) atoms. The number of hydrogen-bond donors (Lipinski definition) is 0. The van der Waals surface area contributed by atoms with Crippen molar-refractivity contribution in [2.75, 3.05) is 6.16 Å². The Bertz CT molecular complexity index is 2250. The van der Waals surface area contributed by atoms with Gasteiger partial charge in [0.1, 0.15) is 7.14 Å². The van der Waals surface area contributed by atoms with Gasteiger partial charge in [0, 0.05) is 23.2 Å². The Morgan fingerprint density at radius 1 is 0.542 bits per heavy atom. The Hall–Kier alpha value is -4.62. The first-order valence-corrected chi connectivity index (χ1v) is 26.7. The first kappa shape index (κ1) is 42.5. The molecular formula is C53H59O3PSi2. The van der Waals surface area contributed by atoms with Crippen LogP contribution in [0.5, 0.6) is 0 Å². The molecule has 3 nitrogen and oxygen atoms in total. The van der Waals surface area contributed by atoms with Crippen molar-refractivity contribution in [1.82, 2.24) is 0 Å².